The van der Waals surface area contributed by atoms with E-state index in [1.807, 2.05) is 0 Å². The second-order valence-electron chi connectivity index (χ2n) is 5.38. The number of carbonyl (C=O) groups excluding carboxylic acids is 1. The van der Waals surface area contributed by atoms with Gasteiger partial charge in [0.05, 0.1) is 6.04 Å². The SMILES string of the molecule is CC1N(C(=O)OC(C)(C)C)C(C(=O)O)CC1(F)F. The van der Waals surface area contributed by atoms with Crippen molar-refractivity contribution in [2.45, 2.75) is 57.7 Å². The number of amides is 1. The highest BCUT2D eigenvalue weighted by Crippen LogP contribution is 2.38. The molecule has 7 heteroatoms. The molecule has 18 heavy (non-hydrogen) atoms. The van der Waals surface area contributed by atoms with Crippen LogP contribution in [0.15, 0.2) is 0 Å². The van der Waals surface area contributed by atoms with Crippen LogP contribution in [0.4, 0.5) is 13.6 Å². The van der Waals surface area contributed by atoms with Crippen molar-refractivity contribution in [3.63, 3.8) is 0 Å². The largest absolute Gasteiger partial charge is 0.480 e. The van der Waals surface area contributed by atoms with E-state index in [2.05, 4.69) is 0 Å². The van der Waals surface area contributed by atoms with E-state index >= 15 is 0 Å². The molecule has 0 aromatic rings. The summed E-state index contributed by atoms with van der Waals surface area (Å²) in [6.07, 6.45) is -1.91. The van der Waals surface area contributed by atoms with Gasteiger partial charge >= 0.3 is 12.1 Å². The van der Waals surface area contributed by atoms with Crippen LogP contribution in [0.3, 0.4) is 0 Å². The van der Waals surface area contributed by atoms with Crippen LogP contribution in [0.25, 0.3) is 0 Å². The van der Waals surface area contributed by atoms with E-state index in [0.717, 1.165) is 6.92 Å². The van der Waals surface area contributed by atoms with E-state index < -0.39 is 42.1 Å². The number of carbonyl (C=O) groups is 2. The Labute approximate surface area is 104 Å². The lowest BCUT2D eigenvalue weighted by atomic mass is 10.1. The number of carboxylic acids is 1. The van der Waals surface area contributed by atoms with Crippen molar-refractivity contribution in [3.8, 4) is 0 Å². The number of alkyl halides is 2. The zero-order valence-electron chi connectivity index (χ0n) is 10.7. The molecule has 0 radical (unpaired) electrons. The van der Waals surface area contributed by atoms with E-state index in [0.29, 0.717) is 4.90 Å². The van der Waals surface area contributed by atoms with E-state index in [4.69, 9.17) is 9.84 Å². The fourth-order valence-electron chi connectivity index (χ4n) is 1.81. The van der Waals surface area contributed by atoms with Crippen LogP contribution < -0.4 is 0 Å². The predicted octanol–water partition coefficient (Wildman–Crippen LogP) is 2.10. The van der Waals surface area contributed by atoms with Crippen LogP contribution in [0, 0.1) is 0 Å². The highest BCUT2D eigenvalue weighted by molar-refractivity contribution is 5.81. The molecule has 1 N–H and O–H groups in total. The first-order chi connectivity index (χ1) is 7.96. The van der Waals surface area contributed by atoms with Gasteiger partial charge in [0.1, 0.15) is 11.6 Å². The van der Waals surface area contributed by atoms with Gasteiger partial charge < -0.3 is 9.84 Å². The van der Waals surface area contributed by atoms with Crippen molar-refractivity contribution >= 4 is 12.1 Å². The van der Waals surface area contributed by atoms with Gasteiger partial charge in [-0.15, -0.1) is 0 Å². The summed E-state index contributed by atoms with van der Waals surface area (Å²) < 4.78 is 31.9. The van der Waals surface area contributed by atoms with Crippen LogP contribution in [-0.4, -0.2) is 45.7 Å². The van der Waals surface area contributed by atoms with Gasteiger partial charge in [0.2, 0.25) is 0 Å². The number of carboxylic acid groups (broad SMARTS) is 1. The quantitative estimate of drug-likeness (QED) is 0.788. The summed E-state index contributed by atoms with van der Waals surface area (Å²) in [5.41, 5.74) is -0.863. The molecule has 1 amide bonds. The maximum absolute atomic E-state index is 13.5. The molecule has 2 atom stereocenters. The van der Waals surface area contributed by atoms with Crippen molar-refractivity contribution in [3.05, 3.63) is 0 Å². The molecule has 1 saturated heterocycles. The number of ether oxygens (including phenoxy) is 1. The van der Waals surface area contributed by atoms with E-state index in [-0.39, 0.29) is 0 Å². The summed E-state index contributed by atoms with van der Waals surface area (Å²) in [7, 11) is 0. The maximum Gasteiger partial charge on any atom is 0.411 e. The van der Waals surface area contributed by atoms with Gasteiger partial charge in [-0.05, 0) is 27.7 Å². The molecule has 1 aliphatic heterocycles. The number of likely N-dealkylation sites (tertiary alicyclic amines) is 1. The molecular weight excluding hydrogens is 248 g/mol. The summed E-state index contributed by atoms with van der Waals surface area (Å²) in [5.74, 6) is -4.68. The summed E-state index contributed by atoms with van der Waals surface area (Å²) in [5, 5.41) is 8.90. The Hall–Kier alpha value is -1.40. The standard InChI is InChI=1S/C11H17F2NO4/c1-6-11(12,13)5-7(8(15)16)14(6)9(17)18-10(2,3)4/h6-7H,5H2,1-4H3,(H,15,16). The Bertz CT molecular complexity index is 365. The number of hydrogen-bond donors (Lipinski definition) is 1. The Morgan fingerprint density at radius 2 is 1.89 bits per heavy atom. The van der Waals surface area contributed by atoms with Crippen LogP contribution in [0.1, 0.15) is 34.1 Å². The van der Waals surface area contributed by atoms with Gasteiger partial charge in [-0.1, -0.05) is 0 Å². The zero-order valence-corrected chi connectivity index (χ0v) is 10.7. The van der Waals surface area contributed by atoms with Crippen molar-refractivity contribution in [2.75, 3.05) is 0 Å². The van der Waals surface area contributed by atoms with Gasteiger partial charge in [-0.3, -0.25) is 4.90 Å². The highest BCUT2D eigenvalue weighted by atomic mass is 19.3. The monoisotopic (exact) mass is 265 g/mol. The van der Waals surface area contributed by atoms with Crippen molar-refractivity contribution in [1.82, 2.24) is 4.90 Å². The lowest BCUT2D eigenvalue weighted by Gasteiger charge is -2.29. The van der Waals surface area contributed by atoms with Crippen molar-refractivity contribution in [2.24, 2.45) is 0 Å². The molecular formula is C11H17F2NO4. The highest BCUT2D eigenvalue weighted by Gasteiger charge is 2.56. The molecule has 2 unspecified atom stereocenters. The number of rotatable bonds is 1. The van der Waals surface area contributed by atoms with Crippen LogP contribution >= 0.6 is 0 Å². The van der Waals surface area contributed by atoms with E-state index in [1.165, 1.54) is 0 Å². The minimum atomic E-state index is -3.22. The third-order valence-electron chi connectivity index (χ3n) is 2.72. The molecule has 5 nitrogen and oxygen atoms in total. The molecule has 1 aliphatic rings. The van der Waals surface area contributed by atoms with Crippen LogP contribution in [-0.2, 0) is 9.53 Å². The minimum Gasteiger partial charge on any atom is -0.480 e. The molecule has 0 aliphatic carbocycles. The Morgan fingerprint density at radius 3 is 2.28 bits per heavy atom. The summed E-state index contributed by atoms with van der Waals surface area (Å²) in [6, 6.07) is -3.04. The number of aliphatic carboxylic acids is 1. The molecule has 0 spiro atoms. The van der Waals surface area contributed by atoms with Gasteiger partial charge in [0, 0.05) is 6.42 Å². The third-order valence-corrected chi connectivity index (χ3v) is 2.72. The molecule has 0 aromatic carbocycles. The Morgan fingerprint density at radius 1 is 1.39 bits per heavy atom. The first-order valence-corrected chi connectivity index (χ1v) is 5.57. The fraction of sp³-hybridized carbons (Fsp3) is 0.818. The molecule has 104 valence electrons. The van der Waals surface area contributed by atoms with E-state index in [9.17, 15) is 18.4 Å². The van der Waals surface area contributed by atoms with Gasteiger partial charge in [0.25, 0.3) is 5.92 Å². The fourth-order valence-corrected chi connectivity index (χ4v) is 1.81. The second kappa shape index (κ2) is 4.37. The van der Waals surface area contributed by atoms with E-state index in [1.54, 1.807) is 20.8 Å². The van der Waals surface area contributed by atoms with Crippen molar-refractivity contribution < 1.29 is 28.2 Å². The second-order valence-corrected chi connectivity index (χ2v) is 5.38. The van der Waals surface area contributed by atoms with Crippen LogP contribution in [0.2, 0.25) is 0 Å². The minimum absolute atomic E-state index is 0.605. The van der Waals surface area contributed by atoms with Gasteiger partial charge in [-0.25, -0.2) is 18.4 Å². The Balaban J connectivity index is 2.96. The zero-order chi connectivity index (χ0) is 14.3. The first-order valence-electron chi connectivity index (χ1n) is 5.57. The topological polar surface area (TPSA) is 66.8 Å². The van der Waals surface area contributed by atoms with Gasteiger partial charge in [0.15, 0.2) is 0 Å². The molecule has 0 saturated carbocycles. The molecule has 0 bridgehead atoms. The molecule has 1 rings (SSSR count). The normalized spacial score (nSPS) is 27.1. The lowest BCUT2D eigenvalue weighted by Crippen LogP contribution is -2.47. The predicted molar refractivity (Wildman–Crippen MR) is 58.5 cm³/mol. The first kappa shape index (κ1) is 14.7. The van der Waals surface area contributed by atoms with Crippen LogP contribution in [0.5, 0.6) is 0 Å². The smallest absolute Gasteiger partial charge is 0.411 e. The Kier molecular flexibility index (Phi) is 3.56. The number of halogens is 2. The number of hydrogen-bond acceptors (Lipinski definition) is 3. The average Bonchev–Trinajstić information content (AvgIpc) is 2.35. The van der Waals surface area contributed by atoms with Crippen molar-refractivity contribution in [1.29, 1.82) is 0 Å². The van der Waals surface area contributed by atoms with Gasteiger partial charge in [-0.2, -0.15) is 0 Å². The average molecular weight is 265 g/mol. The summed E-state index contributed by atoms with van der Waals surface area (Å²) >= 11 is 0. The molecule has 0 aromatic heterocycles. The maximum atomic E-state index is 13.5. The summed E-state index contributed by atoms with van der Waals surface area (Å²) in [4.78, 5) is 23.3. The number of nitrogens with zero attached hydrogens (tertiary/aromatic N) is 1. The summed E-state index contributed by atoms with van der Waals surface area (Å²) in [6.45, 7) is 5.87. The molecule has 1 heterocycles. The molecule has 1 fully saturated rings. The lowest BCUT2D eigenvalue weighted by molar-refractivity contribution is -0.142. The third kappa shape index (κ3) is 2.88.